The molecule has 1 spiro atoms. The molecule has 0 aliphatic carbocycles. The number of amides is 1. The Labute approximate surface area is 127 Å². The lowest BCUT2D eigenvalue weighted by molar-refractivity contribution is -0.134. The molecule has 0 unspecified atom stereocenters. The fourth-order valence-corrected chi connectivity index (χ4v) is 2.91. The maximum atomic E-state index is 12.1. The molecule has 0 aromatic rings. The van der Waals surface area contributed by atoms with E-state index in [2.05, 4.69) is 17.0 Å². The van der Waals surface area contributed by atoms with E-state index in [1.54, 1.807) is 0 Å². The van der Waals surface area contributed by atoms with E-state index in [0.29, 0.717) is 6.54 Å². The Morgan fingerprint density at radius 2 is 2.27 bits per heavy atom. The minimum atomic E-state index is -4.42. The molecule has 2 rings (SSSR count). The van der Waals surface area contributed by atoms with Gasteiger partial charge in [0, 0.05) is 13.0 Å². The average molecular weight is 321 g/mol. The fraction of sp³-hybridized carbons (Fsp3) is 0.857. The van der Waals surface area contributed by atoms with Crippen LogP contribution in [-0.2, 0) is 9.63 Å². The third kappa shape index (κ3) is 4.59. The summed E-state index contributed by atoms with van der Waals surface area (Å²) in [5, 5.41) is 5.58. The number of piperidine rings is 1. The molecule has 22 heavy (non-hydrogen) atoms. The van der Waals surface area contributed by atoms with Gasteiger partial charge in [0.15, 0.2) is 5.60 Å². The number of nitrogens with one attached hydrogen (secondary N) is 1. The molecule has 1 amide bonds. The number of hydrogen-bond acceptors (Lipinski definition) is 4. The number of carbonyl (C=O) groups excluding carboxylic acids is 1. The highest BCUT2D eigenvalue weighted by atomic mass is 19.4. The largest absolute Gasteiger partial charge is 0.405 e. The molecule has 8 heteroatoms. The number of nitrogens with zero attached hydrogens (tertiary/aromatic N) is 2. The molecular formula is C14H22F3N3O2. The summed E-state index contributed by atoms with van der Waals surface area (Å²) in [7, 11) is 0. The van der Waals surface area contributed by atoms with Crippen molar-refractivity contribution in [1.29, 1.82) is 0 Å². The zero-order valence-electron chi connectivity index (χ0n) is 12.7. The number of rotatable bonds is 5. The lowest BCUT2D eigenvalue weighted by Gasteiger charge is -2.38. The number of likely N-dealkylation sites (tertiary alicyclic amines) is 1. The first-order valence-corrected chi connectivity index (χ1v) is 7.66. The molecule has 1 atom stereocenters. The second-order valence-corrected chi connectivity index (χ2v) is 6.02. The molecule has 2 aliphatic rings. The van der Waals surface area contributed by atoms with Gasteiger partial charge in [-0.25, -0.2) is 0 Å². The van der Waals surface area contributed by atoms with E-state index in [1.807, 2.05) is 5.32 Å². The molecule has 126 valence electrons. The van der Waals surface area contributed by atoms with Crippen molar-refractivity contribution in [1.82, 2.24) is 10.2 Å². The van der Waals surface area contributed by atoms with Crippen molar-refractivity contribution in [3.8, 4) is 0 Å². The number of oxime groups is 1. The Kier molecular flexibility index (Phi) is 5.31. The molecule has 1 fully saturated rings. The fourth-order valence-electron chi connectivity index (χ4n) is 2.91. The third-order valence-electron chi connectivity index (χ3n) is 4.00. The van der Waals surface area contributed by atoms with Crippen LogP contribution in [0.2, 0.25) is 0 Å². The van der Waals surface area contributed by atoms with Crippen LogP contribution in [-0.4, -0.2) is 54.5 Å². The average Bonchev–Trinajstić information content (AvgIpc) is 2.85. The summed E-state index contributed by atoms with van der Waals surface area (Å²) < 4.78 is 36.4. The molecule has 0 bridgehead atoms. The predicted octanol–water partition coefficient (Wildman–Crippen LogP) is 2.08. The Bertz CT molecular complexity index is 440. The van der Waals surface area contributed by atoms with Crippen molar-refractivity contribution in [3.63, 3.8) is 0 Å². The van der Waals surface area contributed by atoms with Crippen LogP contribution in [0.5, 0.6) is 0 Å². The van der Waals surface area contributed by atoms with Gasteiger partial charge in [0.05, 0.1) is 0 Å². The van der Waals surface area contributed by atoms with E-state index in [0.717, 1.165) is 38.8 Å². The molecule has 0 aromatic heterocycles. The van der Waals surface area contributed by atoms with Crippen LogP contribution in [0.25, 0.3) is 0 Å². The minimum Gasteiger partial charge on any atom is -0.387 e. The second kappa shape index (κ2) is 6.85. The zero-order chi connectivity index (χ0) is 16.2. The standard InChI is InChI=1S/C14H22F3N3O2/c1-2-3-6-20-7-4-5-13(10-20)8-11(19-22-13)12(21)18-9-14(15,16)17/h2-10H2,1H3,(H,18,21)/t13-/m1/s1. The van der Waals surface area contributed by atoms with Crippen molar-refractivity contribution < 1.29 is 22.8 Å². The van der Waals surface area contributed by atoms with Crippen molar-refractivity contribution in [3.05, 3.63) is 0 Å². The molecule has 0 aromatic carbocycles. The highest BCUT2D eigenvalue weighted by Gasteiger charge is 2.44. The van der Waals surface area contributed by atoms with Gasteiger partial charge >= 0.3 is 6.18 Å². The molecule has 5 nitrogen and oxygen atoms in total. The van der Waals surface area contributed by atoms with Gasteiger partial charge in [0.25, 0.3) is 5.91 Å². The highest BCUT2D eigenvalue weighted by molar-refractivity contribution is 6.39. The van der Waals surface area contributed by atoms with Crippen LogP contribution in [0, 0.1) is 0 Å². The Morgan fingerprint density at radius 1 is 1.50 bits per heavy atom. The number of alkyl halides is 3. The van der Waals surface area contributed by atoms with Crippen LogP contribution >= 0.6 is 0 Å². The van der Waals surface area contributed by atoms with Gasteiger partial charge in [0.1, 0.15) is 12.3 Å². The van der Waals surface area contributed by atoms with E-state index in [9.17, 15) is 18.0 Å². The van der Waals surface area contributed by atoms with E-state index >= 15 is 0 Å². The monoisotopic (exact) mass is 321 g/mol. The van der Waals surface area contributed by atoms with E-state index < -0.39 is 24.2 Å². The first-order chi connectivity index (χ1) is 10.3. The molecule has 0 radical (unpaired) electrons. The van der Waals surface area contributed by atoms with Crippen LogP contribution in [0.15, 0.2) is 5.16 Å². The smallest absolute Gasteiger partial charge is 0.387 e. The summed E-state index contributed by atoms with van der Waals surface area (Å²) in [6.45, 7) is 3.41. The van der Waals surface area contributed by atoms with E-state index in [4.69, 9.17) is 4.84 Å². The topological polar surface area (TPSA) is 53.9 Å². The van der Waals surface area contributed by atoms with Gasteiger partial charge < -0.3 is 10.2 Å². The predicted molar refractivity (Wildman–Crippen MR) is 75.5 cm³/mol. The van der Waals surface area contributed by atoms with Gasteiger partial charge in [-0.1, -0.05) is 18.5 Å². The molecular weight excluding hydrogens is 299 g/mol. The maximum absolute atomic E-state index is 12.1. The number of hydrogen-bond donors (Lipinski definition) is 1. The minimum absolute atomic E-state index is 0.0570. The van der Waals surface area contributed by atoms with Crippen LogP contribution < -0.4 is 5.32 Å². The van der Waals surface area contributed by atoms with Gasteiger partial charge in [-0.15, -0.1) is 0 Å². The van der Waals surface area contributed by atoms with Crippen molar-refractivity contribution in [2.75, 3.05) is 26.2 Å². The Hall–Kier alpha value is -1.31. The normalized spacial score (nSPS) is 25.9. The Morgan fingerprint density at radius 3 is 2.95 bits per heavy atom. The molecule has 2 heterocycles. The van der Waals surface area contributed by atoms with E-state index in [1.165, 1.54) is 0 Å². The third-order valence-corrected chi connectivity index (χ3v) is 4.00. The van der Waals surface area contributed by atoms with Crippen LogP contribution in [0.1, 0.15) is 39.0 Å². The van der Waals surface area contributed by atoms with Gasteiger partial charge in [0.2, 0.25) is 0 Å². The Balaban J connectivity index is 1.86. The summed E-state index contributed by atoms with van der Waals surface area (Å²) in [5.74, 6) is -0.792. The first kappa shape index (κ1) is 17.1. The number of halogens is 3. The van der Waals surface area contributed by atoms with Crippen LogP contribution in [0.3, 0.4) is 0 Å². The summed E-state index contributed by atoms with van der Waals surface area (Å²) in [4.78, 5) is 19.5. The van der Waals surface area contributed by atoms with Crippen LogP contribution in [0.4, 0.5) is 13.2 Å². The van der Waals surface area contributed by atoms with Gasteiger partial charge in [-0.3, -0.25) is 9.69 Å². The number of carbonyl (C=O) groups is 1. The SMILES string of the molecule is CCCCN1CCC[C@@]2(CC(C(=O)NCC(F)(F)F)=NO2)C1. The van der Waals surface area contributed by atoms with Crippen molar-refractivity contribution in [2.45, 2.75) is 50.8 Å². The van der Waals surface area contributed by atoms with Crippen molar-refractivity contribution >= 4 is 11.6 Å². The van der Waals surface area contributed by atoms with E-state index in [-0.39, 0.29) is 12.1 Å². The highest BCUT2D eigenvalue weighted by Crippen LogP contribution is 2.33. The lowest BCUT2D eigenvalue weighted by atomic mass is 9.88. The van der Waals surface area contributed by atoms with Gasteiger partial charge in [-0.2, -0.15) is 13.2 Å². The molecule has 0 saturated carbocycles. The molecule has 2 aliphatic heterocycles. The van der Waals surface area contributed by atoms with Crippen molar-refractivity contribution in [2.24, 2.45) is 5.16 Å². The summed E-state index contributed by atoms with van der Waals surface area (Å²) in [5.41, 5.74) is -0.488. The quantitative estimate of drug-likeness (QED) is 0.843. The lowest BCUT2D eigenvalue weighted by Crippen LogP contribution is -2.49. The zero-order valence-corrected chi connectivity index (χ0v) is 12.7. The summed E-state index contributed by atoms with van der Waals surface area (Å²) in [6, 6.07) is 0. The second-order valence-electron chi connectivity index (χ2n) is 6.02. The number of unbranched alkanes of at least 4 members (excludes halogenated alkanes) is 1. The first-order valence-electron chi connectivity index (χ1n) is 7.66. The summed E-state index contributed by atoms with van der Waals surface area (Å²) in [6.07, 6.45) is -0.234. The molecule has 1 saturated heterocycles. The maximum Gasteiger partial charge on any atom is 0.405 e. The van der Waals surface area contributed by atoms with Gasteiger partial charge in [-0.05, 0) is 32.4 Å². The molecule has 1 N–H and O–H groups in total. The summed E-state index contributed by atoms with van der Waals surface area (Å²) >= 11 is 0.